The van der Waals surface area contributed by atoms with Gasteiger partial charge in [-0.25, -0.2) is 0 Å². The number of benzene rings is 1. The average Bonchev–Trinajstić information content (AvgIpc) is 3.08. The maximum absolute atomic E-state index is 5.89. The van der Waals surface area contributed by atoms with E-state index in [2.05, 4.69) is 15.9 Å². The first kappa shape index (κ1) is 12.9. The van der Waals surface area contributed by atoms with Crippen LogP contribution in [-0.2, 0) is 4.74 Å². The highest BCUT2D eigenvalue weighted by molar-refractivity contribution is 9.10. The van der Waals surface area contributed by atoms with Crippen LogP contribution in [0.2, 0.25) is 0 Å². The fraction of sp³-hybridized carbons (Fsp3) is 0.538. The molecule has 94 valence electrons. The van der Waals surface area contributed by atoms with Gasteiger partial charge in [0.25, 0.3) is 0 Å². The first-order valence-corrected chi connectivity index (χ1v) is 6.71. The molecule has 0 aliphatic heterocycles. The summed E-state index contributed by atoms with van der Waals surface area (Å²) in [6, 6.07) is 5.84. The van der Waals surface area contributed by atoms with Crippen LogP contribution in [0, 0.1) is 5.92 Å². The summed E-state index contributed by atoms with van der Waals surface area (Å²) < 4.78 is 12.1. The summed E-state index contributed by atoms with van der Waals surface area (Å²) in [7, 11) is 0. The molecule has 1 aromatic carbocycles. The van der Waals surface area contributed by atoms with Crippen LogP contribution in [0.3, 0.4) is 0 Å². The maximum Gasteiger partial charge on any atom is 0.189 e. The minimum absolute atomic E-state index is 0.0402. The van der Waals surface area contributed by atoms with E-state index >= 15 is 0 Å². The summed E-state index contributed by atoms with van der Waals surface area (Å²) in [6.07, 6.45) is 2.59. The molecule has 0 heterocycles. The molecule has 0 saturated heterocycles. The molecule has 1 saturated carbocycles. The van der Waals surface area contributed by atoms with E-state index in [-0.39, 0.29) is 6.04 Å². The zero-order valence-corrected chi connectivity index (χ0v) is 11.6. The van der Waals surface area contributed by atoms with Gasteiger partial charge in [0.05, 0.1) is 6.61 Å². The third-order valence-corrected chi connectivity index (χ3v) is 3.31. The molecule has 4 heteroatoms. The van der Waals surface area contributed by atoms with E-state index < -0.39 is 0 Å². The highest BCUT2D eigenvalue weighted by Gasteiger charge is 2.21. The van der Waals surface area contributed by atoms with Gasteiger partial charge in [-0.15, -0.1) is 0 Å². The van der Waals surface area contributed by atoms with E-state index in [9.17, 15) is 0 Å². The van der Waals surface area contributed by atoms with Gasteiger partial charge in [0.15, 0.2) is 6.79 Å². The van der Waals surface area contributed by atoms with Crippen LogP contribution < -0.4 is 10.5 Å². The van der Waals surface area contributed by atoms with Gasteiger partial charge >= 0.3 is 0 Å². The van der Waals surface area contributed by atoms with Gasteiger partial charge in [0.1, 0.15) is 5.75 Å². The topological polar surface area (TPSA) is 44.5 Å². The Labute approximate surface area is 110 Å². The quantitative estimate of drug-likeness (QED) is 0.648. The molecule has 0 radical (unpaired) electrons. The molecule has 2 rings (SSSR count). The zero-order valence-electron chi connectivity index (χ0n) is 9.99. The summed E-state index contributed by atoms with van der Waals surface area (Å²) in [6.45, 7) is 3.05. The van der Waals surface area contributed by atoms with E-state index in [1.54, 1.807) is 0 Å². The summed E-state index contributed by atoms with van der Waals surface area (Å²) in [5.41, 5.74) is 6.89. The molecule has 17 heavy (non-hydrogen) atoms. The lowest BCUT2D eigenvalue weighted by molar-refractivity contribution is 0.00930. The lowest BCUT2D eigenvalue weighted by atomic mass is 10.1. The predicted octanol–water partition coefficient (Wildman–Crippen LogP) is 3.23. The third kappa shape index (κ3) is 3.98. The van der Waals surface area contributed by atoms with Crippen LogP contribution in [0.1, 0.15) is 31.4 Å². The van der Waals surface area contributed by atoms with Crippen LogP contribution >= 0.6 is 15.9 Å². The molecule has 1 aliphatic rings. The fourth-order valence-electron chi connectivity index (χ4n) is 1.61. The Kier molecular flexibility index (Phi) is 4.42. The minimum Gasteiger partial charge on any atom is -0.467 e. The highest BCUT2D eigenvalue weighted by atomic mass is 79.9. The number of halogens is 1. The van der Waals surface area contributed by atoms with Crippen molar-refractivity contribution in [2.45, 2.75) is 25.8 Å². The largest absolute Gasteiger partial charge is 0.467 e. The molecule has 1 aliphatic carbocycles. The summed E-state index contributed by atoms with van der Waals surface area (Å²) >= 11 is 3.43. The first-order chi connectivity index (χ1) is 8.16. The molecule has 3 nitrogen and oxygen atoms in total. The van der Waals surface area contributed by atoms with E-state index in [0.717, 1.165) is 28.3 Å². The van der Waals surface area contributed by atoms with Gasteiger partial charge < -0.3 is 15.2 Å². The van der Waals surface area contributed by atoms with Gasteiger partial charge in [-0.2, -0.15) is 0 Å². The van der Waals surface area contributed by atoms with E-state index in [1.165, 1.54) is 12.8 Å². The second kappa shape index (κ2) is 5.85. The number of hydrogen-bond acceptors (Lipinski definition) is 3. The Morgan fingerprint density at radius 3 is 2.88 bits per heavy atom. The minimum atomic E-state index is -0.0402. The van der Waals surface area contributed by atoms with Gasteiger partial charge in [0, 0.05) is 16.1 Å². The van der Waals surface area contributed by atoms with Gasteiger partial charge in [-0.1, -0.05) is 22.0 Å². The number of ether oxygens (including phenoxy) is 2. The van der Waals surface area contributed by atoms with Crippen molar-refractivity contribution >= 4 is 15.9 Å². The standard InChI is InChI=1S/C13H18BrNO2/c1-9(15)12-5-4-11(14)6-13(12)17-8-16-7-10-2-3-10/h4-6,9-10H,2-3,7-8,15H2,1H3. The summed E-state index contributed by atoms with van der Waals surface area (Å²) in [5, 5.41) is 0. The van der Waals surface area contributed by atoms with Crippen LogP contribution in [0.4, 0.5) is 0 Å². The number of rotatable bonds is 6. The maximum atomic E-state index is 5.89. The van der Waals surface area contributed by atoms with Crippen LogP contribution in [0.5, 0.6) is 5.75 Å². The Balaban J connectivity index is 1.89. The van der Waals surface area contributed by atoms with Crippen molar-refractivity contribution in [3.8, 4) is 5.75 Å². The third-order valence-electron chi connectivity index (χ3n) is 2.81. The molecule has 1 atom stereocenters. The van der Waals surface area contributed by atoms with Crippen molar-refractivity contribution < 1.29 is 9.47 Å². The Morgan fingerprint density at radius 2 is 2.24 bits per heavy atom. The Bertz CT molecular complexity index is 378. The smallest absolute Gasteiger partial charge is 0.189 e. The van der Waals surface area contributed by atoms with Gasteiger partial charge in [0.2, 0.25) is 0 Å². The van der Waals surface area contributed by atoms with Crippen LogP contribution in [0.15, 0.2) is 22.7 Å². The summed E-state index contributed by atoms with van der Waals surface area (Å²) in [5.74, 6) is 1.55. The number of nitrogens with two attached hydrogens (primary N) is 1. The Hall–Kier alpha value is -0.580. The van der Waals surface area contributed by atoms with E-state index in [4.69, 9.17) is 15.2 Å². The van der Waals surface area contributed by atoms with Gasteiger partial charge in [-0.3, -0.25) is 0 Å². The first-order valence-electron chi connectivity index (χ1n) is 5.92. The van der Waals surface area contributed by atoms with Crippen LogP contribution in [0.25, 0.3) is 0 Å². The average molecular weight is 300 g/mol. The summed E-state index contributed by atoms with van der Waals surface area (Å²) in [4.78, 5) is 0. The fourth-order valence-corrected chi connectivity index (χ4v) is 1.95. The molecule has 0 amide bonds. The van der Waals surface area contributed by atoms with Gasteiger partial charge in [-0.05, 0) is 37.8 Å². The normalized spacial score (nSPS) is 16.9. The predicted molar refractivity (Wildman–Crippen MR) is 70.9 cm³/mol. The molecular weight excluding hydrogens is 282 g/mol. The molecule has 0 spiro atoms. The second-order valence-electron chi connectivity index (χ2n) is 4.55. The lowest BCUT2D eigenvalue weighted by Crippen LogP contribution is -2.10. The lowest BCUT2D eigenvalue weighted by Gasteiger charge is -2.14. The SMILES string of the molecule is CC(N)c1ccc(Br)cc1OCOCC1CC1. The van der Waals surface area contributed by atoms with Crippen molar-refractivity contribution in [1.82, 2.24) is 0 Å². The molecular formula is C13H18BrNO2. The zero-order chi connectivity index (χ0) is 12.3. The Morgan fingerprint density at radius 1 is 1.47 bits per heavy atom. The number of hydrogen-bond donors (Lipinski definition) is 1. The van der Waals surface area contributed by atoms with Crippen molar-refractivity contribution in [1.29, 1.82) is 0 Å². The molecule has 0 bridgehead atoms. The van der Waals surface area contributed by atoms with E-state index in [0.29, 0.717) is 6.79 Å². The molecule has 1 aromatic rings. The monoisotopic (exact) mass is 299 g/mol. The van der Waals surface area contributed by atoms with Crippen LogP contribution in [-0.4, -0.2) is 13.4 Å². The van der Waals surface area contributed by atoms with Crippen molar-refractivity contribution in [2.24, 2.45) is 11.7 Å². The molecule has 1 unspecified atom stereocenters. The highest BCUT2D eigenvalue weighted by Crippen LogP contribution is 2.30. The molecule has 0 aromatic heterocycles. The molecule has 2 N–H and O–H groups in total. The second-order valence-corrected chi connectivity index (χ2v) is 5.46. The van der Waals surface area contributed by atoms with Crippen molar-refractivity contribution in [3.63, 3.8) is 0 Å². The van der Waals surface area contributed by atoms with Crippen molar-refractivity contribution in [2.75, 3.05) is 13.4 Å². The molecule has 1 fully saturated rings. The van der Waals surface area contributed by atoms with Crippen molar-refractivity contribution in [3.05, 3.63) is 28.2 Å². The van der Waals surface area contributed by atoms with E-state index in [1.807, 2.05) is 25.1 Å².